The van der Waals surface area contributed by atoms with Gasteiger partial charge in [0.15, 0.2) is 10.9 Å². The fraction of sp³-hybridized carbons (Fsp3) is 0.120. The number of rotatable bonds is 6. The van der Waals surface area contributed by atoms with E-state index >= 15 is 0 Å². The van der Waals surface area contributed by atoms with E-state index in [4.69, 9.17) is 16.3 Å². The Labute approximate surface area is 209 Å². The number of nitrogens with zero attached hydrogens (tertiary/aromatic N) is 1. The lowest BCUT2D eigenvalue weighted by molar-refractivity contribution is -0.115. The average molecular weight is 546 g/mol. The summed E-state index contributed by atoms with van der Waals surface area (Å²) >= 11 is 11.2. The van der Waals surface area contributed by atoms with E-state index in [0.717, 1.165) is 23.2 Å². The number of hydrogen-bond donors (Lipinski definition) is 1. The molecule has 1 saturated heterocycles. The largest absolute Gasteiger partial charge is 0.486 e. The first-order chi connectivity index (χ1) is 15.9. The van der Waals surface area contributed by atoms with Gasteiger partial charge in [0.25, 0.3) is 5.91 Å². The van der Waals surface area contributed by atoms with Crippen molar-refractivity contribution in [3.05, 3.63) is 97.6 Å². The summed E-state index contributed by atoms with van der Waals surface area (Å²) in [6, 6.07) is 17.5. The number of carbonyl (C=O) groups is 1. The molecule has 0 radical (unpaired) electrons. The van der Waals surface area contributed by atoms with E-state index in [1.54, 1.807) is 24.3 Å². The van der Waals surface area contributed by atoms with Crippen LogP contribution in [0.2, 0.25) is 5.02 Å². The summed E-state index contributed by atoms with van der Waals surface area (Å²) in [4.78, 5) is 17.4. The van der Waals surface area contributed by atoms with Gasteiger partial charge in [-0.2, -0.15) is 0 Å². The molecular weight excluding hydrogens is 527 g/mol. The van der Waals surface area contributed by atoms with E-state index in [1.165, 1.54) is 29.5 Å². The van der Waals surface area contributed by atoms with Gasteiger partial charge in [-0.3, -0.25) is 4.79 Å². The molecule has 0 atom stereocenters. The summed E-state index contributed by atoms with van der Waals surface area (Å²) in [5.41, 5.74) is 3.58. The number of halogens is 3. The molecule has 0 saturated carbocycles. The van der Waals surface area contributed by atoms with E-state index in [1.807, 2.05) is 30.3 Å². The molecule has 1 N–H and O–H groups in total. The highest BCUT2D eigenvalue weighted by atomic mass is 79.9. The van der Waals surface area contributed by atoms with Gasteiger partial charge in [0.1, 0.15) is 12.4 Å². The molecule has 3 aromatic rings. The van der Waals surface area contributed by atoms with Crippen LogP contribution in [0.15, 0.2) is 75.0 Å². The molecule has 0 bridgehead atoms. The van der Waals surface area contributed by atoms with Crippen LogP contribution in [0.5, 0.6) is 5.75 Å². The minimum absolute atomic E-state index is 0.215. The van der Waals surface area contributed by atoms with Crippen LogP contribution in [0.4, 0.5) is 10.1 Å². The summed E-state index contributed by atoms with van der Waals surface area (Å²) in [6.45, 7) is 2.34. The van der Waals surface area contributed by atoms with E-state index in [9.17, 15) is 9.18 Å². The Morgan fingerprint density at radius 2 is 1.82 bits per heavy atom. The minimum Gasteiger partial charge on any atom is -0.486 e. The summed E-state index contributed by atoms with van der Waals surface area (Å²) in [7, 11) is 0. The first kappa shape index (κ1) is 23.5. The van der Waals surface area contributed by atoms with Gasteiger partial charge in [-0.25, -0.2) is 9.38 Å². The minimum atomic E-state index is -0.299. The number of aliphatic imine (C=N–C) groups is 1. The lowest BCUT2D eigenvalue weighted by Crippen LogP contribution is -2.19. The quantitative estimate of drug-likeness (QED) is 0.331. The van der Waals surface area contributed by atoms with E-state index in [0.29, 0.717) is 25.3 Å². The number of benzene rings is 3. The number of aryl methyl sites for hydroxylation is 1. The van der Waals surface area contributed by atoms with Crippen molar-refractivity contribution in [1.29, 1.82) is 0 Å². The second-order valence-corrected chi connectivity index (χ2v) is 9.52. The van der Waals surface area contributed by atoms with Crippen molar-refractivity contribution in [2.45, 2.75) is 20.0 Å². The number of hydrogen-bond acceptors (Lipinski definition) is 4. The fourth-order valence-corrected chi connectivity index (χ4v) is 4.92. The summed E-state index contributed by atoms with van der Waals surface area (Å²) in [5, 5.41) is 3.72. The number of carbonyl (C=O) groups excluding carboxylic acids is 1. The van der Waals surface area contributed by atoms with Gasteiger partial charge in [0, 0.05) is 0 Å². The highest BCUT2D eigenvalue weighted by Gasteiger charge is 2.24. The van der Waals surface area contributed by atoms with E-state index in [2.05, 4.69) is 33.2 Å². The number of nitrogens with one attached hydrogen (secondary N) is 1. The first-order valence-electron chi connectivity index (χ1n) is 10.2. The van der Waals surface area contributed by atoms with Crippen molar-refractivity contribution in [2.24, 2.45) is 4.99 Å². The van der Waals surface area contributed by atoms with Gasteiger partial charge < -0.3 is 10.1 Å². The van der Waals surface area contributed by atoms with E-state index in [-0.39, 0.29) is 18.3 Å². The summed E-state index contributed by atoms with van der Waals surface area (Å²) in [6.07, 6.45) is 2.71. The maximum atomic E-state index is 13.1. The Balaban J connectivity index is 1.48. The molecule has 1 amide bonds. The van der Waals surface area contributed by atoms with Crippen LogP contribution < -0.4 is 10.1 Å². The maximum Gasteiger partial charge on any atom is 0.264 e. The highest BCUT2D eigenvalue weighted by Crippen LogP contribution is 2.37. The Bertz CT molecular complexity index is 1220. The average Bonchev–Trinajstić information content (AvgIpc) is 3.13. The third kappa shape index (κ3) is 6.05. The Kier molecular flexibility index (Phi) is 7.53. The number of thioether (sulfide) groups is 1. The molecule has 1 aliphatic rings. The topological polar surface area (TPSA) is 50.7 Å². The lowest BCUT2D eigenvalue weighted by Gasteiger charge is -2.11. The number of amides is 1. The van der Waals surface area contributed by atoms with Gasteiger partial charge in [0.05, 0.1) is 20.1 Å². The monoisotopic (exact) mass is 544 g/mol. The molecule has 4 nitrogen and oxygen atoms in total. The molecule has 0 spiro atoms. The second kappa shape index (κ2) is 10.5. The SMILES string of the molecule is CCc1ccc(N=C2NC(=O)/C(=C/c3cc(Cl)c(OCc4ccc(F)cc4)c(Br)c3)S2)cc1. The Hall–Kier alpha value is -2.61. The lowest BCUT2D eigenvalue weighted by atomic mass is 10.2. The predicted molar refractivity (Wildman–Crippen MR) is 137 cm³/mol. The molecule has 0 aliphatic carbocycles. The van der Waals surface area contributed by atoms with Crippen molar-refractivity contribution in [1.82, 2.24) is 5.32 Å². The zero-order chi connectivity index (χ0) is 23.4. The van der Waals surface area contributed by atoms with Crippen molar-refractivity contribution in [3.8, 4) is 5.75 Å². The molecular formula is C25H19BrClFN2O2S. The Morgan fingerprint density at radius 3 is 2.48 bits per heavy atom. The maximum absolute atomic E-state index is 13.1. The van der Waals surface area contributed by atoms with Crippen LogP contribution in [-0.4, -0.2) is 11.1 Å². The van der Waals surface area contributed by atoms with Gasteiger partial charge in [-0.1, -0.05) is 42.8 Å². The van der Waals surface area contributed by atoms with Crippen LogP contribution in [0.1, 0.15) is 23.6 Å². The molecule has 1 aliphatic heterocycles. The molecule has 3 aromatic carbocycles. The molecule has 0 unspecified atom stereocenters. The van der Waals surface area contributed by atoms with Crippen LogP contribution in [0, 0.1) is 5.82 Å². The van der Waals surface area contributed by atoms with Crippen molar-refractivity contribution in [3.63, 3.8) is 0 Å². The van der Waals surface area contributed by atoms with Gasteiger partial charge >= 0.3 is 0 Å². The van der Waals surface area contributed by atoms with Crippen LogP contribution >= 0.6 is 39.3 Å². The molecule has 168 valence electrons. The van der Waals surface area contributed by atoms with Crippen molar-refractivity contribution >= 4 is 62.1 Å². The van der Waals surface area contributed by atoms with Gasteiger partial charge in [-0.05, 0) is 93.3 Å². The first-order valence-corrected chi connectivity index (χ1v) is 12.1. The van der Waals surface area contributed by atoms with Gasteiger partial charge in [-0.15, -0.1) is 0 Å². The fourth-order valence-electron chi connectivity index (χ4n) is 3.09. The highest BCUT2D eigenvalue weighted by molar-refractivity contribution is 9.10. The molecule has 4 rings (SSSR count). The third-order valence-corrected chi connectivity index (χ3v) is 6.62. The third-order valence-electron chi connectivity index (χ3n) is 4.84. The molecule has 33 heavy (non-hydrogen) atoms. The molecule has 0 aromatic heterocycles. The molecule has 1 fully saturated rings. The Morgan fingerprint density at radius 1 is 1.12 bits per heavy atom. The van der Waals surface area contributed by atoms with Crippen molar-refractivity contribution < 1.29 is 13.9 Å². The second-order valence-electron chi connectivity index (χ2n) is 7.23. The zero-order valence-electron chi connectivity index (χ0n) is 17.6. The zero-order valence-corrected chi connectivity index (χ0v) is 20.7. The van der Waals surface area contributed by atoms with Gasteiger partial charge in [0.2, 0.25) is 0 Å². The van der Waals surface area contributed by atoms with Crippen LogP contribution in [-0.2, 0) is 17.8 Å². The molecule has 8 heteroatoms. The normalized spacial score (nSPS) is 15.8. The van der Waals surface area contributed by atoms with Crippen LogP contribution in [0.25, 0.3) is 6.08 Å². The molecule has 1 heterocycles. The number of amidine groups is 1. The van der Waals surface area contributed by atoms with Crippen molar-refractivity contribution in [2.75, 3.05) is 0 Å². The number of ether oxygens (including phenoxy) is 1. The summed E-state index contributed by atoms with van der Waals surface area (Å²) in [5.74, 6) is -0.0379. The summed E-state index contributed by atoms with van der Waals surface area (Å²) < 4.78 is 19.5. The van der Waals surface area contributed by atoms with Crippen LogP contribution in [0.3, 0.4) is 0 Å². The smallest absolute Gasteiger partial charge is 0.264 e. The predicted octanol–water partition coefficient (Wildman–Crippen LogP) is 7.27. The van der Waals surface area contributed by atoms with E-state index < -0.39 is 0 Å². The standard InChI is InChI=1S/C25H19BrClFN2O2S/c1-2-15-5-9-19(10-6-15)29-25-30-24(31)22(33-25)13-17-11-20(26)23(21(27)12-17)32-14-16-3-7-18(28)8-4-16/h3-13H,2,14H2,1H3,(H,29,30,31)/b22-13-.